The summed E-state index contributed by atoms with van der Waals surface area (Å²) in [5.41, 5.74) is 1.75. The highest BCUT2D eigenvalue weighted by Gasteiger charge is 2.57. The molecule has 0 heterocycles. The number of hydrogen-bond acceptors (Lipinski definition) is 5. The SMILES string of the molecule is CCCCC[C@H](O)CO[C@@H]1[C@H]2Cc3cccc(OCC(=O)NCC(F)(F)C(F)(F)F)c3C[C@H]2C[C@H]1O. The van der Waals surface area contributed by atoms with Crippen molar-refractivity contribution < 1.29 is 46.4 Å². The Balaban J connectivity index is 1.56. The summed E-state index contributed by atoms with van der Waals surface area (Å²) in [4.78, 5) is 11.8. The van der Waals surface area contributed by atoms with Gasteiger partial charge in [0.25, 0.3) is 5.91 Å². The molecule has 0 aromatic heterocycles. The molecule has 5 atom stereocenters. The highest BCUT2D eigenvalue weighted by Crippen LogP contribution is 2.45. The average Bonchev–Trinajstić information content (AvgIpc) is 3.11. The van der Waals surface area contributed by atoms with Crippen molar-refractivity contribution in [2.45, 2.75) is 82.3 Å². The molecule has 3 rings (SSSR count). The summed E-state index contributed by atoms with van der Waals surface area (Å²) >= 11 is 0. The minimum absolute atomic E-state index is 0.0403. The number of fused-ring (bicyclic) bond motifs is 2. The largest absolute Gasteiger partial charge is 0.483 e. The maximum absolute atomic E-state index is 13.0. The number of halogens is 5. The van der Waals surface area contributed by atoms with Crippen molar-refractivity contribution in [3.05, 3.63) is 29.3 Å². The molecule has 0 unspecified atom stereocenters. The molecule has 2 aliphatic rings. The van der Waals surface area contributed by atoms with Gasteiger partial charge in [0.2, 0.25) is 0 Å². The molecule has 0 saturated heterocycles. The lowest BCUT2D eigenvalue weighted by Crippen LogP contribution is -2.47. The van der Waals surface area contributed by atoms with E-state index in [1.807, 2.05) is 6.07 Å². The second-order valence-corrected chi connectivity index (χ2v) is 9.74. The van der Waals surface area contributed by atoms with Gasteiger partial charge in [-0.15, -0.1) is 0 Å². The number of benzene rings is 1. The summed E-state index contributed by atoms with van der Waals surface area (Å²) in [6, 6.07) is 5.22. The van der Waals surface area contributed by atoms with Gasteiger partial charge in [0.05, 0.1) is 31.5 Å². The fourth-order valence-corrected chi connectivity index (χ4v) is 5.05. The Morgan fingerprint density at radius 2 is 1.94 bits per heavy atom. The maximum Gasteiger partial charge on any atom is 0.455 e. The average molecular weight is 524 g/mol. The first-order valence-corrected chi connectivity index (χ1v) is 12.4. The van der Waals surface area contributed by atoms with Gasteiger partial charge in [0, 0.05) is 0 Å². The highest BCUT2D eigenvalue weighted by molar-refractivity contribution is 5.77. The molecule has 1 aromatic rings. The van der Waals surface area contributed by atoms with Gasteiger partial charge in [-0.1, -0.05) is 38.3 Å². The molecular formula is C25H34F5NO5. The van der Waals surface area contributed by atoms with E-state index in [1.54, 1.807) is 17.4 Å². The first-order valence-electron chi connectivity index (χ1n) is 12.4. The summed E-state index contributed by atoms with van der Waals surface area (Å²) in [6.45, 7) is -0.318. The zero-order valence-corrected chi connectivity index (χ0v) is 20.2. The van der Waals surface area contributed by atoms with Crippen LogP contribution in [0.5, 0.6) is 5.75 Å². The van der Waals surface area contributed by atoms with Crippen molar-refractivity contribution in [3.63, 3.8) is 0 Å². The van der Waals surface area contributed by atoms with Crippen LogP contribution >= 0.6 is 0 Å². The molecule has 11 heteroatoms. The first kappa shape index (κ1) is 28.6. The van der Waals surface area contributed by atoms with Crippen molar-refractivity contribution in [1.29, 1.82) is 0 Å². The zero-order chi connectivity index (χ0) is 26.5. The third kappa shape index (κ3) is 7.07. The molecule has 1 aromatic carbocycles. The Morgan fingerprint density at radius 1 is 1.19 bits per heavy atom. The van der Waals surface area contributed by atoms with Crippen LogP contribution in [0.15, 0.2) is 18.2 Å². The normalized spacial score (nSPS) is 24.7. The molecule has 1 fully saturated rings. The van der Waals surface area contributed by atoms with Crippen LogP contribution in [0.4, 0.5) is 22.0 Å². The van der Waals surface area contributed by atoms with Crippen molar-refractivity contribution in [2.75, 3.05) is 19.8 Å². The monoisotopic (exact) mass is 523 g/mol. The lowest BCUT2D eigenvalue weighted by Gasteiger charge is -2.32. The number of ether oxygens (including phenoxy) is 2. The molecule has 2 aliphatic carbocycles. The first-order chi connectivity index (χ1) is 16.9. The fraction of sp³-hybridized carbons (Fsp3) is 0.720. The summed E-state index contributed by atoms with van der Waals surface area (Å²) < 4.78 is 74.2. The van der Waals surface area contributed by atoms with Crippen LogP contribution in [0, 0.1) is 11.8 Å². The van der Waals surface area contributed by atoms with E-state index in [-0.39, 0.29) is 18.4 Å². The number of aliphatic hydroxyl groups is 2. The number of hydrogen-bond donors (Lipinski definition) is 3. The van der Waals surface area contributed by atoms with Gasteiger partial charge in [-0.05, 0) is 54.7 Å². The van der Waals surface area contributed by atoms with Crippen LogP contribution in [0.3, 0.4) is 0 Å². The third-order valence-corrected chi connectivity index (χ3v) is 7.01. The molecule has 1 saturated carbocycles. The number of nitrogens with one attached hydrogen (secondary N) is 1. The van der Waals surface area contributed by atoms with Gasteiger partial charge in [-0.25, -0.2) is 0 Å². The second kappa shape index (κ2) is 12.0. The minimum atomic E-state index is -5.75. The predicted molar refractivity (Wildman–Crippen MR) is 121 cm³/mol. The number of unbranched alkanes of at least 4 members (excludes halogenated alkanes) is 2. The van der Waals surface area contributed by atoms with Gasteiger partial charge in [-0.3, -0.25) is 4.79 Å². The van der Waals surface area contributed by atoms with E-state index in [0.717, 1.165) is 30.4 Å². The number of carbonyl (C=O) groups is 1. The summed E-state index contributed by atoms with van der Waals surface area (Å²) in [6.07, 6.45) is -2.13. The van der Waals surface area contributed by atoms with Crippen molar-refractivity contribution in [1.82, 2.24) is 5.32 Å². The Bertz CT molecular complexity index is 881. The molecule has 36 heavy (non-hydrogen) atoms. The summed E-state index contributed by atoms with van der Waals surface area (Å²) in [5.74, 6) is -5.64. The second-order valence-electron chi connectivity index (χ2n) is 9.74. The molecule has 3 N–H and O–H groups in total. The van der Waals surface area contributed by atoms with Gasteiger partial charge in [-0.2, -0.15) is 22.0 Å². The van der Waals surface area contributed by atoms with E-state index in [1.165, 1.54) is 0 Å². The molecule has 6 nitrogen and oxygen atoms in total. The Morgan fingerprint density at radius 3 is 2.64 bits per heavy atom. The van der Waals surface area contributed by atoms with Crippen LogP contribution in [0.25, 0.3) is 0 Å². The van der Waals surface area contributed by atoms with Crippen LogP contribution in [0.2, 0.25) is 0 Å². The van der Waals surface area contributed by atoms with Gasteiger partial charge in [0.15, 0.2) is 6.61 Å². The van der Waals surface area contributed by atoms with Crippen LogP contribution in [-0.4, -0.2) is 66.3 Å². The summed E-state index contributed by atoms with van der Waals surface area (Å²) in [5, 5.41) is 22.4. The lowest BCUT2D eigenvalue weighted by atomic mass is 9.77. The Labute approximate surface area is 207 Å². The highest BCUT2D eigenvalue weighted by atomic mass is 19.4. The molecular weight excluding hydrogens is 489 g/mol. The quantitative estimate of drug-likeness (QED) is 0.287. The fourth-order valence-electron chi connectivity index (χ4n) is 5.05. The van der Waals surface area contributed by atoms with E-state index in [9.17, 15) is 37.0 Å². The molecule has 0 radical (unpaired) electrons. The van der Waals surface area contributed by atoms with Gasteiger partial charge < -0.3 is 25.0 Å². The maximum atomic E-state index is 13.0. The smallest absolute Gasteiger partial charge is 0.455 e. The van der Waals surface area contributed by atoms with Gasteiger partial charge in [0.1, 0.15) is 5.75 Å². The van der Waals surface area contributed by atoms with E-state index in [4.69, 9.17) is 9.47 Å². The summed E-state index contributed by atoms with van der Waals surface area (Å²) in [7, 11) is 0. The molecule has 1 amide bonds. The number of carbonyl (C=O) groups excluding carboxylic acids is 1. The Hall–Kier alpha value is -1.98. The van der Waals surface area contributed by atoms with Gasteiger partial charge >= 0.3 is 12.1 Å². The molecule has 204 valence electrons. The topological polar surface area (TPSA) is 88.0 Å². The number of alkyl halides is 5. The lowest BCUT2D eigenvalue weighted by molar-refractivity contribution is -0.278. The van der Waals surface area contributed by atoms with Crippen LogP contribution in [0.1, 0.15) is 50.2 Å². The standard InChI is InChI=1S/C25H34F5NO5/c1-2-3-4-7-17(32)12-36-23-19-9-15-6-5-8-21(18(15)10-16(19)11-20(23)33)35-13-22(34)31-14-24(26,27)25(28,29)30/h5-6,8,16-17,19-20,23,32-33H,2-4,7,9-14H2,1H3,(H,31,34)/t16-,17-,19-,20+,23+/m0/s1. The number of rotatable bonds is 12. The van der Waals surface area contributed by atoms with E-state index in [0.29, 0.717) is 31.4 Å². The van der Waals surface area contributed by atoms with Crippen molar-refractivity contribution in [3.8, 4) is 5.75 Å². The zero-order valence-electron chi connectivity index (χ0n) is 20.2. The number of amides is 1. The van der Waals surface area contributed by atoms with Crippen molar-refractivity contribution >= 4 is 5.91 Å². The third-order valence-electron chi connectivity index (χ3n) is 7.01. The predicted octanol–water partition coefficient (Wildman–Crippen LogP) is 3.80. The van der Waals surface area contributed by atoms with E-state index >= 15 is 0 Å². The van der Waals surface area contributed by atoms with Crippen molar-refractivity contribution in [2.24, 2.45) is 11.8 Å². The van der Waals surface area contributed by atoms with E-state index < -0.39 is 49.5 Å². The molecule has 0 bridgehead atoms. The minimum Gasteiger partial charge on any atom is -0.483 e. The van der Waals surface area contributed by atoms with Crippen LogP contribution in [-0.2, 0) is 22.4 Å². The Kier molecular flexibility index (Phi) is 9.56. The van der Waals surface area contributed by atoms with Crippen LogP contribution < -0.4 is 10.1 Å². The molecule has 0 aliphatic heterocycles. The van der Waals surface area contributed by atoms with E-state index in [2.05, 4.69) is 6.92 Å². The molecule has 0 spiro atoms. The number of aliphatic hydroxyl groups excluding tert-OH is 2.